The largest absolute Gasteiger partial charge is 0.489 e. The zero-order valence-corrected chi connectivity index (χ0v) is 16.0. The highest BCUT2D eigenvalue weighted by Crippen LogP contribution is 2.17. The van der Waals surface area contributed by atoms with Crippen LogP contribution in [0.1, 0.15) is 24.8 Å². The summed E-state index contributed by atoms with van der Waals surface area (Å²) in [5.41, 5.74) is 2.44. The Labute approximate surface area is 169 Å². The Morgan fingerprint density at radius 2 is 1.48 bits per heavy atom. The number of nitrogens with one attached hydrogen (secondary N) is 2. The van der Waals surface area contributed by atoms with Gasteiger partial charge in [-0.3, -0.25) is 14.6 Å². The third kappa shape index (κ3) is 7.10. The lowest BCUT2D eigenvalue weighted by Gasteiger charge is -2.09. The number of amides is 2. The average Bonchev–Trinajstić information content (AvgIpc) is 2.75. The Hall–Kier alpha value is -3.67. The normalized spacial score (nSPS) is 10.2. The van der Waals surface area contributed by atoms with Gasteiger partial charge >= 0.3 is 0 Å². The summed E-state index contributed by atoms with van der Waals surface area (Å²) in [5, 5.41) is 5.58. The van der Waals surface area contributed by atoms with E-state index in [2.05, 4.69) is 15.6 Å². The van der Waals surface area contributed by atoms with Crippen LogP contribution in [-0.2, 0) is 16.2 Å². The molecule has 0 unspecified atom stereocenters. The van der Waals surface area contributed by atoms with E-state index in [1.165, 1.54) is 0 Å². The highest BCUT2D eigenvalue weighted by atomic mass is 16.5. The monoisotopic (exact) mass is 389 g/mol. The van der Waals surface area contributed by atoms with Gasteiger partial charge in [-0.1, -0.05) is 30.3 Å². The second-order valence-corrected chi connectivity index (χ2v) is 6.49. The molecule has 0 aliphatic heterocycles. The summed E-state index contributed by atoms with van der Waals surface area (Å²) in [5.74, 6) is 0.474. The van der Waals surface area contributed by atoms with Crippen LogP contribution in [0.25, 0.3) is 0 Å². The minimum absolute atomic E-state index is 0.128. The predicted octanol–water partition coefficient (Wildman–Crippen LogP) is 4.41. The third-order valence-electron chi connectivity index (χ3n) is 4.14. The number of carbonyl (C=O) groups excluding carboxylic acids is 2. The van der Waals surface area contributed by atoms with Crippen molar-refractivity contribution in [1.29, 1.82) is 0 Å². The summed E-state index contributed by atoms with van der Waals surface area (Å²) >= 11 is 0. The molecule has 0 saturated carbocycles. The van der Waals surface area contributed by atoms with Crippen molar-refractivity contribution in [2.75, 3.05) is 10.6 Å². The molecule has 1 aromatic heterocycles. The lowest BCUT2D eigenvalue weighted by atomic mass is 10.2. The molecule has 0 saturated heterocycles. The van der Waals surface area contributed by atoms with Gasteiger partial charge in [0.25, 0.3) is 0 Å². The number of hydrogen-bond donors (Lipinski definition) is 2. The molecule has 0 aliphatic rings. The molecule has 1 heterocycles. The first-order valence-corrected chi connectivity index (χ1v) is 9.45. The van der Waals surface area contributed by atoms with Gasteiger partial charge in [0, 0.05) is 24.7 Å². The Morgan fingerprint density at radius 3 is 2.14 bits per heavy atom. The van der Waals surface area contributed by atoms with Crippen LogP contribution in [0.5, 0.6) is 5.75 Å². The number of aromatic nitrogens is 1. The van der Waals surface area contributed by atoms with Gasteiger partial charge in [-0.15, -0.1) is 0 Å². The van der Waals surface area contributed by atoms with E-state index in [9.17, 15) is 9.59 Å². The number of nitrogens with zero attached hydrogens (tertiary/aromatic N) is 1. The fourth-order valence-corrected chi connectivity index (χ4v) is 2.67. The van der Waals surface area contributed by atoms with Crippen molar-refractivity contribution < 1.29 is 14.3 Å². The van der Waals surface area contributed by atoms with Gasteiger partial charge in [0.15, 0.2) is 0 Å². The summed E-state index contributed by atoms with van der Waals surface area (Å²) in [7, 11) is 0. The number of rotatable bonds is 9. The van der Waals surface area contributed by atoms with Gasteiger partial charge < -0.3 is 15.4 Å². The molecule has 0 bridgehead atoms. The number of anilines is 2. The standard InChI is InChI=1S/C23H23N3O3/c27-22(9-4-10-23(28)26-20-8-5-15-24-16-20)25-19-11-13-21(14-12-19)29-17-18-6-2-1-3-7-18/h1-3,5-8,11-16H,4,9-10,17H2,(H,25,27)(H,26,28). The first-order valence-electron chi connectivity index (χ1n) is 9.45. The second-order valence-electron chi connectivity index (χ2n) is 6.49. The summed E-state index contributed by atoms with van der Waals surface area (Å²) in [4.78, 5) is 27.9. The highest BCUT2D eigenvalue weighted by Gasteiger charge is 2.07. The van der Waals surface area contributed by atoms with Crippen LogP contribution >= 0.6 is 0 Å². The SMILES string of the molecule is O=C(CCCC(=O)Nc1cccnc1)Nc1ccc(OCc2ccccc2)cc1. The van der Waals surface area contributed by atoms with Crippen LogP contribution in [0.3, 0.4) is 0 Å². The molecular weight excluding hydrogens is 366 g/mol. The van der Waals surface area contributed by atoms with Gasteiger partial charge in [0.2, 0.25) is 11.8 Å². The fraction of sp³-hybridized carbons (Fsp3) is 0.174. The molecule has 0 spiro atoms. The number of hydrogen-bond acceptors (Lipinski definition) is 4. The zero-order valence-electron chi connectivity index (χ0n) is 16.0. The van der Waals surface area contributed by atoms with E-state index in [1.54, 1.807) is 36.7 Å². The summed E-state index contributed by atoms with van der Waals surface area (Å²) in [6.45, 7) is 0.494. The highest BCUT2D eigenvalue weighted by molar-refractivity contribution is 5.92. The molecule has 6 nitrogen and oxygen atoms in total. The van der Waals surface area contributed by atoms with E-state index in [-0.39, 0.29) is 24.7 Å². The maximum atomic E-state index is 12.1. The smallest absolute Gasteiger partial charge is 0.224 e. The Balaban J connectivity index is 1.36. The molecule has 6 heteroatoms. The lowest BCUT2D eigenvalue weighted by molar-refractivity contribution is -0.117. The lowest BCUT2D eigenvalue weighted by Crippen LogP contribution is -2.14. The summed E-state index contributed by atoms with van der Waals surface area (Å²) in [6, 6.07) is 20.7. The molecule has 0 aliphatic carbocycles. The van der Waals surface area contributed by atoms with E-state index in [0.717, 1.165) is 11.3 Å². The predicted molar refractivity (Wildman–Crippen MR) is 113 cm³/mol. The van der Waals surface area contributed by atoms with E-state index in [1.807, 2.05) is 42.5 Å². The van der Waals surface area contributed by atoms with E-state index >= 15 is 0 Å². The molecule has 2 aromatic carbocycles. The maximum Gasteiger partial charge on any atom is 0.224 e. The average molecular weight is 389 g/mol. The van der Waals surface area contributed by atoms with Crippen molar-refractivity contribution in [2.24, 2.45) is 0 Å². The number of pyridine rings is 1. The van der Waals surface area contributed by atoms with Crippen LogP contribution < -0.4 is 15.4 Å². The molecule has 3 rings (SSSR count). The molecule has 2 amide bonds. The zero-order chi connectivity index (χ0) is 20.3. The number of benzene rings is 2. The van der Waals surface area contributed by atoms with Gasteiger partial charge in [-0.25, -0.2) is 0 Å². The van der Waals surface area contributed by atoms with E-state index in [0.29, 0.717) is 24.4 Å². The van der Waals surface area contributed by atoms with Gasteiger partial charge in [0.05, 0.1) is 11.9 Å². The maximum absolute atomic E-state index is 12.1. The number of ether oxygens (including phenoxy) is 1. The van der Waals surface area contributed by atoms with E-state index in [4.69, 9.17) is 4.74 Å². The molecule has 29 heavy (non-hydrogen) atoms. The Bertz CT molecular complexity index is 913. The van der Waals surface area contributed by atoms with Crippen molar-refractivity contribution in [3.8, 4) is 5.75 Å². The minimum Gasteiger partial charge on any atom is -0.489 e. The van der Waals surface area contributed by atoms with Crippen LogP contribution in [-0.4, -0.2) is 16.8 Å². The van der Waals surface area contributed by atoms with Crippen molar-refractivity contribution >= 4 is 23.2 Å². The molecule has 2 N–H and O–H groups in total. The van der Waals surface area contributed by atoms with Crippen molar-refractivity contribution in [2.45, 2.75) is 25.9 Å². The quantitative estimate of drug-likeness (QED) is 0.568. The first kappa shape index (κ1) is 20.1. The molecule has 0 fully saturated rings. The topological polar surface area (TPSA) is 80.3 Å². The Morgan fingerprint density at radius 1 is 0.793 bits per heavy atom. The summed E-state index contributed by atoms with van der Waals surface area (Å²) in [6.07, 6.45) is 4.23. The van der Waals surface area contributed by atoms with Gasteiger partial charge in [0.1, 0.15) is 12.4 Å². The number of carbonyl (C=O) groups is 2. The van der Waals surface area contributed by atoms with Crippen LogP contribution in [0.2, 0.25) is 0 Å². The molecule has 0 atom stereocenters. The molecular formula is C23H23N3O3. The van der Waals surface area contributed by atoms with Crippen molar-refractivity contribution in [3.05, 3.63) is 84.7 Å². The van der Waals surface area contributed by atoms with E-state index < -0.39 is 0 Å². The van der Waals surface area contributed by atoms with Crippen LogP contribution in [0.4, 0.5) is 11.4 Å². The van der Waals surface area contributed by atoms with Gasteiger partial charge in [-0.05, 0) is 48.4 Å². The van der Waals surface area contributed by atoms with Gasteiger partial charge in [-0.2, -0.15) is 0 Å². The molecule has 3 aromatic rings. The molecule has 148 valence electrons. The fourth-order valence-electron chi connectivity index (χ4n) is 2.67. The minimum atomic E-state index is -0.134. The Kier molecular flexibility index (Phi) is 7.34. The first-order chi connectivity index (χ1) is 14.2. The summed E-state index contributed by atoms with van der Waals surface area (Å²) < 4.78 is 5.73. The van der Waals surface area contributed by atoms with Crippen molar-refractivity contribution in [1.82, 2.24) is 4.98 Å². The van der Waals surface area contributed by atoms with Crippen LogP contribution in [0, 0.1) is 0 Å². The molecule has 0 radical (unpaired) electrons. The third-order valence-corrected chi connectivity index (χ3v) is 4.14. The van der Waals surface area contributed by atoms with Crippen molar-refractivity contribution in [3.63, 3.8) is 0 Å². The van der Waals surface area contributed by atoms with Crippen LogP contribution in [0.15, 0.2) is 79.1 Å². The second kappa shape index (κ2) is 10.6.